The lowest BCUT2D eigenvalue weighted by Gasteiger charge is -2.43. The van der Waals surface area contributed by atoms with Crippen LogP contribution >= 0.6 is 0 Å². The Labute approximate surface area is 195 Å². The molecule has 0 spiro atoms. The lowest BCUT2D eigenvalue weighted by Crippen LogP contribution is -2.54. The van der Waals surface area contributed by atoms with Crippen LogP contribution in [0.25, 0.3) is 0 Å². The standard InChI is InChI=1S/C25H27F4N3O2/c1-2-5-21-19(23(33)31-13-10-16-14-18(26)9-8-17(16)15-31)6-4-12-32(21)24(34)22-20(25(27,28)29)7-3-11-30-22/h3,7-9,11,14,19,21H,2,4-6,10,12-13,15H2,1H3/t19-,21-/m1/s1. The van der Waals surface area contributed by atoms with E-state index in [4.69, 9.17) is 0 Å². The minimum Gasteiger partial charge on any atom is -0.338 e. The van der Waals surface area contributed by atoms with E-state index in [1.54, 1.807) is 11.0 Å². The Hall–Kier alpha value is -2.97. The molecule has 5 nitrogen and oxygen atoms in total. The van der Waals surface area contributed by atoms with Crippen LogP contribution in [-0.4, -0.2) is 45.7 Å². The number of halogens is 4. The number of benzene rings is 1. The largest absolute Gasteiger partial charge is 0.418 e. The Kier molecular flexibility index (Phi) is 6.91. The van der Waals surface area contributed by atoms with Crippen LogP contribution in [0.4, 0.5) is 17.6 Å². The lowest BCUT2D eigenvalue weighted by atomic mass is 9.84. The monoisotopic (exact) mass is 477 g/mol. The van der Waals surface area contributed by atoms with Gasteiger partial charge in [-0.05, 0) is 61.1 Å². The van der Waals surface area contributed by atoms with Gasteiger partial charge in [0, 0.05) is 31.9 Å². The van der Waals surface area contributed by atoms with Gasteiger partial charge in [-0.3, -0.25) is 14.6 Å². The molecule has 0 saturated carbocycles. The summed E-state index contributed by atoms with van der Waals surface area (Å²) in [5, 5.41) is 0. The van der Waals surface area contributed by atoms with E-state index in [9.17, 15) is 27.2 Å². The van der Waals surface area contributed by atoms with E-state index in [0.717, 1.165) is 23.3 Å². The van der Waals surface area contributed by atoms with Crippen molar-refractivity contribution in [3.05, 3.63) is 64.7 Å². The summed E-state index contributed by atoms with van der Waals surface area (Å²) in [6.45, 7) is 3.00. The maximum atomic E-state index is 13.6. The molecule has 2 aromatic rings. The van der Waals surface area contributed by atoms with Gasteiger partial charge in [-0.1, -0.05) is 19.4 Å². The van der Waals surface area contributed by atoms with Crippen LogP contribution < -0.4 is 0 Å². The normalized spacial score (nSPS) is 20.7. The van der Waals surface area contributed by atoms with Crippen molar-refractivity contribution in [1.82, 2.24) is 14.8 Å². The third kappa shape index (κ3) is 4.79. The molecular formula is C25H27F4N3O2. The highest BCUT2D eigenvalue weighted by atomic mass is 19.4. The summed E-state index contributed by atoms with van der Waals surface area (Å²) in [6, 6.07) is 6.06. The van der Waals surface area contributed by atoms with Crippen LogP contribution in [0, 0.1) is 11.7 Å². The average Bonchev–Trinajstić information content (AvgIpc) is 2.82. The minimum absolute atomic E-state index is 0.108. The van der Waals surface area contributed by atoms with Gasteiger partial charge < -0.3 is 9.80 Å². The van der Waals surface area contributed by atoms with Gasteiger partial charge in [-0.2, -0.15) is 13.2 Å². The molecule has 3 heterocycles. The number of carbonyl (C=O) groups is 2. The van der Waals surface area contributed by atoms with Crippen molar-refractivity contribution >= 4 is 11.8 Å². The maximum absolute atomic E-state index is 13.6. The van der Waals surface area contributed by atoms with Crippen LogP contribution in [0.2, 0.25) is 0 Å². The Balaban J connectivity index is 1.58. The second kappa shape index (κ2) is 9.72. The third-order valence-electron chi connectivity index (χ3n) is 6.75. The first-order valence-corrected chi connectivity index (χ1v) is 11.6. The molecule has 1 fully saturated rings. The molecule has 182 valence electrons. The number of hydrogen-bond donors (Lipinski definition) is 0. The minimum atomic E-state index is -4.70. The first kappa shape index (κ1) is 24.2. The molecule has 0 N–H and O–H groups in total. The third-order valence-corrected chi connectivity index (χ3v) is 6.75. The zero-order valence-corrected chi connectivity index (χ0v) is 18.9. The molecule has 2 amide bonds. The zero-order chi connectivity index (χ0) is 24.5. The number of alkyl halides is 3. The molecule has 0 radical (unpaired) electrons. The first-order valence-electron chi connectivity index (χ1n) is 11.6. The van der Waals surface area contributed by atoms with Crippen LogP contribution in [-0.2, 0) is 23.9 Å². The fourth-order valence-electron chi connectivity index (χ4n) is 5.13. The number of nitrogens with zero attached hydrogens (tertiary/aromatic N) is 3. The number of aromatic nitrogens is 1. The van der Waals surface area contributed by atoms with Crippen molar-refractivity contribution in [1.29, 1.82) is 0 Å². The van der Waals surface area contributed by atoms with Gasteiger partial charge >= 0.3 is 6.18 Å². The molecule has 0 aliphatic carbocycles. The molecule has 2 atom stereocenters. The Morgan fingerprint density at radius 1 is 1.15 bits per heavy atom. The van der Waals surface area contributed by atoms with E-state index in [0.29, 0.717) is 45.2 Å². The molecule has 4 rings (SSSR count). The molecule has 0 unspecified atom stereocenters. The number of pyridine rings is 1. The molecule has 9 heteroatoms. The second-order valence-corrected chi connectivity index (χ2v) is 8.92. The van der Waals surface area contributed by atoms with E-state index >= 15 is 0 Å². The van der Waals surface area contributed by atoms with Crippen LogP contribution in [0.1, 0.15) is 59.8 Å². The topological polar surface area (TPSA) is 53.5 Å². The molecule has 2 aliphatic rings. The smallest absolute Gasteiger partial charge is 0.338 e. The Morgan fingerprint density at radius 2 is 1.94 bits per heavy atom. The van der Waals surface area contributed by atoms with E-state index in [-0.39, 0.29) is 18.3 Å². The predicted octanol–water partition coefficient (Wildman–Crippen LogP) is 4.85. The zero-order valence-electron chi connectivity index (χ0n) is 18.9. The maximum Gasteiger partial charge on any atom is 0.418 e. The highest BCUT2D eigenvalue weighted by Gasteiger charge is 2.43. The summed E-state index contributed by atoms with van der Waals surface area (Å²) in [5.41, 5.74) is 0.0752. The van der Waals surface area contributed by atoms with Crippen LogP contribution in [0.15, 0.2) is 36.5 Å². The summed E-state index contributed by atoms with van der Waals surface area (Å²) in [4.78, 5) is 33.8. The summed E-state index contributed by atoms with van der Waals surface area (Å²) < 4.78 is 54.1. The van der Waals surface area contributed by atoms with Crippen molar-refractivity contribution in [3.63, 3.8) is 0 Å². The van der Waals surface area contributed by atoms with Gasteiger partial charge in [0.2, 0.25) is 5.91 Å². The summed E-state index contributed by atoms with van der Waals surface area (Å²) >= 11 is 0. The van der Waals surface area contributed by atoms with E-state index in [1.165, 1.54) is 23.2 Å². The Morgan fingerprint density at radius 3 is 2.68 bits per heavy atom. The highest BCUT2D eigenvalue weighted by molar-refractivity contribution is 5.95. The van der Waals surface area contributed by atoms with Crippen molar-refractivity contribution < 1.29 is 27.2 Å². The summed E-state index contributed by atoms with van der Waals surface area (Å²) in [7, 11) is 0. The first-order chi connectivity index (χ1) is 16.2. The molecule has 1 aromatic carbocycles. The molecule has 34 heavy (non-hydrogen) atoms. The van der Waals surface area contributed by atoms with Crippen LogP contribution in [0.3, 0.4) is 0 Å². The van der Waals surface area contributed by atoms with Gasteiger partial charge in [0.05, 0.1) is 11.5 Å². The van der Waals surface area contributed by atoms with Gasteiger partial charge in [0.25, 0.3) is 5.91 Å². The average molecular weight is 478 g/mol. The highest BCUT2D eigenvalue weighted by Crippen LogP contribution is 2.35. The molecule has 0 bridgehead atoms. The molecule has 2 aliphatic heterocycles. The molecule has 1 aromatic heterocycles. The number of amides is 2. The SMILES string of the molecule is CCC[C@@H]1[C@H](C(=O)N2CCc3cc(F)ccc3C2)CCCN1C(=O)c1ncccc1C(F)(F)F. The fraction of sp³-hybridized carbons (Fsp3) is 0.480. The lowest BCUT2D eigenvalue weighted by molar-refractivity contribution is -0.141. The van der Waals surface area contributed by atoms with Gasteiger partial charge in [-0.15, -0.1) is 0 Å². The predicted molar refractivity (Wildman–Crippen MR) is 117 cm³/mol. The molecular weight excluding hydrogens is 450 g/mol. The van der Waals surface area contributed by atoms with E-state index < -0.39 is 35.3 Å². The van der Waals surface area contributed by atoms with E-state index in [2.05, 4.69) is 4.98 Å². The Bertz CT molecular complexity index is 1070. The number of likely N-dealkylation sites (tertiary alicyclic amines) is 1. The summed E-state index contributed by atoms with van der Waals surface area (Å²) in [6.07, 6.45) is -0.722. The number of rotatable bonds is 4. The van der Waals surface area contributed by atoms with Gasteiger partial charge in [-0.25, -0.2) is 4.39 Å². The van der Waals surface area contributed by atoms with Crippen molar-refractivity contribution in [3.8, 4) is 0 Å². The van der Waals surface area contributed by atoms with Crippen LogP contribution in [0.5, 0.6) is 0 Å². The molecule has 1 saturated heterocycles. The quantitative estimate of drug-likeness (QED) is 0.592. The van der Waals surface area contributed by atoms with Gasteiger partial charge in [0.15, 0.2) is 0 Å². The van der Waals surface area contributed by atoms with Crippen molar-refractivity contribution in [2.24, 2.45) is 5.92 Å². The second-order valence-electron chi connectivity index (χ2n) is 8.92. The van der Waals surface area contributed by atoms with Crippen molar-refractivity contribution in [2.75, 3.05) is 13.1 Å². The number of hydrogen-bond acceptors (Lipinski definition) is 3. The number of piperidine rings is 1. The number of carbonyl (C=O) groups excluding carboxylic acids is 2. The number of fused-ring (bicyclic) bond motifs is 1. The summed E-state index contributed by atoms with van der Waals surface area (Å²) in [5.74, 6) is -1.71. The van der Waals surface area contributed by atoms with Gasteiger partial charge in [0.1, 0.15) is 11.5 Å². The van der Waals surface area contributed by atoms with E-state index in [1.807, 2.05) is 6.92 Å². The van der Waals surface area contributed by atoms with Crippen molar-refractivity contribution in [2.45, 2.75) is 57.8 Å². The fourth-order valence-corrected chi connectivity index (χ4v) is 5.13.